The summed E-state index contributed by atoms with van der Waals surface area (Å²) in [5, 5.41) is 2.25. The highest BCUT2D eigenvalue weighted by molar-refractivity contribution is 6.11. The largest absolute Gasteiger partial charge is 0.454 e. The molecule has 5 heteroatoms. The lowest BCUT2D eigenvalue weighted by Gasteiger charge is -2.47. The van der Waals surface area contributed by atoms with E-state index in [1.165, 1.54) is 0 Å². The zero-order chi connectivity index (χ0) is 22.8. The Morgan fingerprint density at radius 3 is 2.45 bits per heavy atom. The number of ketones is 2. The van der Waals surface area contributed by atoms with E-state index in [1.54, 1.807) is 0 Å². The number of benzene rings is 3. The van der Waals surface area contributed by atoms with Crippen LogP contribution in [0.1, 0.15) is 37.8 Å². The van der Waals surface area contributed by atoms with Crippen molar-refractivity contribution < 1.29 is 19.1 Å². The minimum absolute atomic E-state index is 0.0815. The first-order valence-electron chi connectivity index (χ1n) is 11.6. The van der Waals surface area contributed by atoms with Gasteiger partial charge in [-0.1, -0.05) is 50.2 Å². The quantitative estimate of drug-likeness (QED) is 0.520. The van der Waals surface area contributed by atoms with Gasteiger partial charge in [-0.15, -0.1) is 0 Å². The van der Waals surface area contributed by atoms with E-state index in [0.29, 0.717) is 32.4 Å². The molecule has 6 rings (SSSR count). The first kappa shape index (κ1) is 20.3. The van der Waals surface area contributed by atoms with Gasteiger partial charge in [-0.25, -0.2) is 0 Å². The zero-order valence-corrected chi connectivity index (χ0v) is 19.0. The van der Waals surface area contributed by atoms with Gasteiger partial charge in [0.2, 0.25) is 6.79 Å². The highest BCUT2D eigenvalue weighted by Crippen LogP contribution is 2.48. The number of ether oxygens (including phenoxy) is 2. The van der Waals surface area contributed by atoms with Crippen molar-refractivity contribution in [3.8, 4) is 11.5 Å². The Kier molecular flexibility index (Phi) is 4.35. The summed E-state index contributed by atoms with van der Waals surface area (Å²) in [6.45, 7) is 5.28. The Hall–Kier alpha value is -3.34. The van der Waals surface area contributed by atoms with Crippen molar-refractivity contribution >= 4 is 28.0 Å². The zero-order valence-electron chi connectivity index (χ0n) is 19.0. The summed E-state index contributed by atoms with van der Waals surface area (Å²) < 4.78 is 11.0. The highest BCUT2D eigenvalue weighted by atomic mass is 16.7. The van der Waals surface area contributed by atoms with Gasteiger partial charge in [0.1, 0.15) is 17.0 Å². The number of hydrogen-bond donors (Lipinski definition) is 0. The van der Waals surface area contributed by atoms with Crippen LogP contribution in [0, 0.1) is 10.8 Å². The Bertz CT molecular complexity index is 1290. The number of hydrogen-bond acceptors (Lipinski definition) is 5. The Balaban J connectivity index is 1.47. The third kappa shape index (κ3) is 3.21. The lowest BCUT2D eigenvalue weighted by Crippen LogP contribution is -2.57. The van der Waals surface area contributed by atoms with Gasteiger partial charge in [0.15, 0.2) is 11.5 Å². The molecule has 0 N–H and O–H groups in total. The molecule has 5 nitrogen and oxygen atoms in total. The number of carbonyl (C=O) groups excluding carboxylic acids is 2. The molecule has 2 aliphatic heterocycles. The van der Waals surface area contributed by atoms with Crippen molar-refractivity contribution in [2.24, 2.45) is 10.8 Å². The standard InChI is InChI=1S/C28H27NO4/c1-27(2)13-25(30)28(26(31)14-27)12-21-20-6-4-3-5-19(20)8-9-22(21)29(16-28)15-18-7-10-23-24(11-18)33-17-32-23/h3-11H,12-17H2,1-2H3. The predicted molar refractivity (Wildman–Crippen MR) is 127 cm³/mol. The lowest BCUT2D eigenvalue weighted by atomic mass is 9.59. The van der Waals surface area contributed by atoms with Crippen LogP contribution in [0.25, 0.3) is 10.8 Å². The van der Waals surface area contributed by atoms with Gasteiger partial charge in [0.05, 0.1) is 0 Å². The maximum absolute atomic E-state index is 13.6. The minimum Gasteiger partial charge on any atom is -0.454 e. The minimum atomic E-state index is -0.983. The van der Waals surface area contributed by atoms with Crippen LogP contribution in [0.2, 0.25) is 0 Å². The monoisotopic (exact) mass is 441 g/mol. The Morgan fingerprint density at radius 1 is 0.879 bits per heavy atom. The molecule has 0 atom stereocenters. The van der Waals surface area contributed by atoms with E-state index in [4.69, 9.17) is 9.47 Å². The summed E-state index contributed by atoms with van der Waals surface area (Å²) in [5.41, 5.74) is 2.00. The number of fused-ring (bicyclic) bond motifs is 4. The number of rotatable bonds is 2. The highest BCUT2D eigenvalue weighted by Gasteiger charge is 2.54. The number of carbonyl (C=O) groups is 2. The average molecular weight is 442 g/mol. The second kappa shape index (κ2) is 7.08. The SMILES string of the molecule is CC1(C)CC(=O)C2(Cc3c(ccc4ccccc34)N(Cc3ccc4c(c3)OCO4)C2)C(=O)C1. The van der Waals surface area contributed by atoms with Crippen molar-refractivity contribution in [3.63, 3.8) is 0 Å². The average Bonchev–Trinajstić information content (AvgIpc) is 3.25. The molecular formula is C28H27NO4. The first-order chi connectivity index (χ1) is 15.8. The van der Waals surface area contributed by atoms with Crippen molar-refractivity contribution in [3.05, 3.63) is 65.7 Å². The van der Waals surface area contributed by atoms with E-state index < -0.39 is 5.41 Å². The third-order valence-corrected chi connectivity index (χ3v) is 7.45. The van der Waals surface area contributed by atoms with Crippen LogP contribution >= 0.6 is 0 Å². The van der Waals surface area contributed by atoms with E-state index >= 15 is 0 Å². The molecule has 0 amide bonds. The van der Waals surface area contributed by atoms with E-state index in [0.717, 1.165) is 39.1 Å². The van der Waals surface area contributed by atoms with Crippen LogP contribution in [0.15, 0.2) is 54.6 Å². The second-order valence-electron chi connectivity index (χ2n) is 10.5. The fraction of sp³-hybridized carbons (Fsp3) is 0.357. The van der Waals surface area contributed by atoms with Gasteiger partial charge >= 0.3 is 0 Å². The molecule has 168 valence electrons. The van der Waals surface area contributed by atoms with Gasteiger partial charge in [0.25, 0.3) is 0 Å². The van der Waals surface area contributed by atoms with Crippen LogP contribution < -0.4 is 14.4 Å². The Morgan fingerprint density at radius 2 is 1.64 bits per heavy atom. The summed E-state index contributed by atoms with van der Waals surface area (Å²) in [5.74, 6) is 1.65. The van der Waals surface area contributed by atoms with E-state index in [-0.39, 0.29) is 23.8 Å². The van der Waals surface area contributed by atoms with Crippen LogP contribution in [0.5, 0.6) is 11.5 Å². The number of nitrogens with zero attached hydrogens (tertiary/aromatic N) is 1. The van der Waals surface area contributed by atoms with E-state index in [2.05, 4.69) is 29.2 Å². The van der Waals surface area contributed by atoms with Crippen molar-refractivity contribution in [1.29, 1.82) is 0 Å². The summed E-state index contributed by atoms with van der Waals surface area (Å²) in [7, 11) is 0. The van der Waals surface area contributed by atoms with Crippen LogP contribution in [0.3, 0.4) is 0 Å². The molecule has 33 heavy (non-hydrogen) atoms. The van der Waals surface area contributed by atoms with Gasteiger partial charge in [-0.05, 0) is 51.9 Å². The molecule has 0 unspecified atom stereocenters. The van der Waals surface area contributed by atoms with Gasteiger partial charge in [0, 0.05) is 31.6 Å². The second-order valence-corrected chi connectivity index (χ2v) is 10.5. The van der Waals surface area contributed by atoms with Crippen molar-refractivity contribution in [2.45, 2.75) is 39.7 Å². The molecule has 3 aliphatic rings. The Labute approximate surface area is 193 Å². The molecule has 0 saturated heterocycles. The first-order valence-corrected chi connectivity index (χ1v) is 11.6. The smallest absolute Gasteiger partial charge is 0.231 e. The molecule has 1 spiro atoms. The molecule has 1 aliphatic carbocycles. The molecule has 0 bridgehead atoms. The van der Waals surface area contributed by atoms with E-state index in [1.807, 2.05) is 44.2 Å². The van der Waals surface area contributed by atoms with E-state index in [9.17, 15) is 9.59 Å². The number of anilines is 1. The molecule has 2 heterocycles. The lowest BCUT2D eigenvalue weighted by molar-refractivity contribution is -0.147. The molecule has 3 aromatic carbocycles. The molecule has 0 radical (unpaired) electrons. The number of Topliss-reactive ketones (excluding diaryl/α,β-unsaturated/α-hetero) is 2. The molecule has 1 fully saturated rings. The summed E-state index contributed by atoms with van der Waals surface area (Å²) in [6.07, 6.45) is 1.36. The third-order valence-electron chi connectivity index (χ3n) is 7.45. The predicted octanol–water partition coefficient (Wildman–Crippen LogP) is 5.08. The van der Waals surface area contributed by atoms with Gasteiger partial charge < -0.3 is 14.4 Å². The van der Waals surface area contributed by atoms with Crippen molar-refractivity contribution in [1.82, 2.24) is 0 Å². The summed E-state index contributed by atoms with van der Waals surface area (Å²) >= 11 is 0. The van der Waals surface area contributed by atoms with Crippen LogP contribution in [-0.4, -0.2) is 24.9 Å². The van der Waals surface area contributed by atoms with Crippen LogP contribution in [0.4, 0.5) is 5.69 Å². The van der Waals surface area contributed by atoms with Gasteiger partial charge in [-0.2, -0.15) is 0 Å². The van der Waals surface area contributed by atoms with Gasteiger partial charge in [-0.3, -0.25) is 9.59 Å². The maximum Gasteiger partial charge on any atom is 0.231 e. The van der Waals surface area contributed by atoms with Crippen LogP contribution in [-0.2, 0) is 22.6 Å². The maximum atomic E-state index is 13.6. The molecular weight excluding hydrogens is 414 g/mol. The normalized spacial score (nSPS) is 20.4. The molecule has 0 aromatic heterocycles. The fourth-order valence-electron chi connectivity index (χ4n) is 5.78. The topological polar surface area (TPSA) is 55.8 Å². The summed E-state index contributed by atoms with van der Waals surface area (Å²) in [4.78, 5) is 29.4. The molecule has 3 aromatic rings. The van der Waals surface area contributed by atoms with Crippen molar-refractivity contribution in [2.75, 3.05) is 18.2 Å². The summed E-state index contributed by atoms with van der Waals surface area (Å²) in [6, 6.07) is 18.5. The molecule has 1 saturated carbocycles. The fourth-order valence-corrected chi connectivity index (χ4v) is 5.78.